The van der Waals surface area contributed by atoms with E-state index >= 15 is 0 Å². The van der Waals surface area contributed by atoms with E-state index in [9.17, 15) is 4.79 Å². The van der Waals surface area contributed by atoms with E-state index < -0.39 is 0 Å². The van der Waals surface area contributed by atoms with Gasteiger partial charge in [-0.25, -0.2) is 4.98 Å². The molecule has 1 aromatic rings. The molecule has 1 heterocycles. The van der Waals surface area contributed by atoms with Gasteiger partial charge in [-0.1, -0.05) is 5.92 Å². The highest BCUT2D eigenvalue weighted by Crippen LogP contribution is 2.08. The minimum atomic E-state index is -0.146. The zero-order valence-electron chi connectivity index (χ0n) is 9.50. The number of hydrogen-bond acceptors (Lipinski definition) is 3. The first-order valence-corrected chi connectivity index (χ1v) is 5.01. The third kappa shape index (κ3) is 4.11. The van der Waals surface area contributed by atoms with Crippen molar-refractivity contribution in [1.82, 2.24) is 10.3 Å². The maximum atomic E-state index is 11.4. The lowest BCUT2D eigenvalue weighted by Crippen LogP contribution is -2.28. The van der Waals surface area contributed by atoms with Crippen LogP contribution in [0.15, 0.2) is 12.1 Å². The number of amides is 1. The van der Waals surface area contributed by atoms with Crippen LogP contribution < -0.4 is 10.6 Å². The molecule has 1 rings (SSSR count). The second-order valence-corrected chi connectivity index (χ2v) is 3.53. The van der Waals surface area contributed by atoms with Crippen molar-refractivity contribution < 1.29 is 4.79 Å². The van der Waals surface area contributed by atoms with Crippen LogP contribution in [0.4, 0.5) is 5.82 Å². The maximum absolute atomic E-state index is 11.4. The van der Waals surface area contributed by atoms with Crippen molar-refractivity contribution in [3.8, 4) is 12.3 Å². The molecule has 0 saturated carbocycles. The first-order valence-electron chi connectivity index (χ1n) is 5.01. The summed E-state index contributed by atoms with van der Waals surface area (Å²) in [5.41, 5.74) is 1.95. The highest BCUT2D eigenvalue weighted by Gasteiger charge is 2.03. The van der Waals surface area contributed by atoms with E-state index in [2.05, 4.69) is 21.5 Å². The van der Waals surface area contributed by atoms with Crippen molar-refractivity contribution >= 4 is 11.7 Å². The molecule has 16 heavy (non-hydrogen) atoms. The monoisotopic (exact) mass is 217 g/mol. The van der Waals surface area contributed by atoms with Crippen molar-refractivity contribution in [3.63, 3.8) is 0 Å². The summed E-state index contributed by atoms with van der Waals surface area (Å²) < 4.78 is 0. The predicted molar refractivity (Wildman–Crippen MR) is 64.0 cm³/mol. The van der Waals surface area contributed by atoms with E-state index in [1.54, 1.807) is 0 Å². The Morgan fingerprint density at radius 2 is 2.25 bits per heavy atom. The Morgan fingerprint density at radius 3 is 2.88 bits per heavy atom. The average molecular weight is 217 g/mol. The number of nitrogens with one attached hydrogen (secondary N) is 2. The summed E-state index contributed by atoms with van der Waals surface area (Å²) in [7, 11) is 0. The number of terminal acetylenes is 1. The van der Waals surface area contributed by atoms with Gasteiger partial charge in [0.1, 0.15) is 5.82 Å². The first kappa shape index (κ1) is 12.2. The van der Waals surface area contributed by atoms with Crippen molar-refractivity contribution in [1.29, 1.82) is 0 Å². The highest BCUT2D eigenvalue weighted by molar-refractivity contribution is 5.91. The molecule has 0 fully saturated rings. The van der Waals surface area contributed by atoms with Crippen LogP contribution in [0.3, 0.4) is 0 Å². The number of nitrogens with zero attached hydrogens (tertiary/aromatic N) is 1. The molecule has 1 amide bonds. The summed E-state index contributed by atoms with van der Waals surface area (Å²) in [5, 5.41) is 5.51. The molecule has 0 atom stereocenters. The Morgan fingerprint density at radius 1 is 1.50 bits per heavy atom. The van der Waals surface area contributed by atoms with Crippen LogP contribution in [0.5, 0.6) is 0 Å². The molecule has 4 heteroatoms. The van der Waals surface area contributed by atoms with E-state index in [0.717, 1.165) is 11.3 Å². The topological polar surface area (TPSA) is 54.0 Å². The highest BCUT2D eigenvalue weighted by atomic mass is 16.1. The number of aryl methyl sites for hydroxylation is 2. The molecule has 0 aliphatic heterocycles. The van der Waals surface area contributed by atoms with E-state index in [-0.39, 0.29) is 12.5 Å². The third-order valence-corrected chi connectivity index (χ3v) is 1.88. The van der Waals surface area contributed by atoms with Gasteiger partial charge in [-0.3, -0.25) is 10.1 Å². The Bertz CT molecular complexity index is 401. The van der Waals surface area contributed by atoms with Crippen LogP contribution in [0.25, 0.3) is 0 Å². The summed E-state index contributed by atoms with van der Waals surface area (Å²) in [4.78, 5) is 15.6. The van der Waals surface area contributed by atoms with E-state index in [1.807, 2.05) is 26.0 Å². The van der Waals surface area contributed by atoms with Crippen molar-refractivity contribution in [2.45, 2.75) is 13.8 Å². The molecule has 0 bridgehead atoms. The molecule has 4 nitrogen and oxygen atoms in total. The van der Waals surface area contributed by atoms with Gasteiger partial charge in [0.15, 0.2) is 0 Å². The molecule has 0 radical (unpaired) electrons. The van der Waals surface area contributed by atoms with Crippen LogP contribution in [0, 0.1) is 26.2 Å². The standard InChI is InChI=1S/C12H15N3O/c1-4-5-13-8-12(16)15-11-7-9(2)6-10(3)14-11/h1,6-7,13H,5,8H2,2-3H3,(H,14,15,16). The summed E-state index contributed by atoms with van der Waals surface area (Å²) in [6.45, 7) is 4.42. The number of aromatic nitrogens is 1. The Balaban J connectivity index is 2.53. The largest absolute Gasteiger partial charge is 0.310 e. The number of hydrogen-bond donors (Lipinski definition) is 2. The number of carbonyl (C=O) groups is 1. The lowest BCUT2D eigenvalue weighted by atomic mass is 10.2. The molecule has 2 N–H and O–H groups in total. The predicted octanol–water partition coefficient (Wildman–Crippen LogP) is 0.860. The van der Waals surface area contributed by atoms with Gasteiger partial charge in [0.25, 0.3) is 0 Å². The molecule has 0 saturated heterocycles. The Kier molecular flexibility index (Phi) is 4.49. The lowest BCUT2D eigenvalue weighted by molar-refractivity contribution is -0.115. The van der Waals surface area contributed by atoms with Crippen LogP contribution in [-0.4, -0.2) is 24.0 Å². The van der Waals surface area contributed by atoms with Gasteiger partial charge < -0.3 is 5.32 Å². The van der Waals surface area contributed by atoms with Crippen molar-refractivity contribution in [2.75, 3.05) is 18.4 Å². The molecular formula is C12H15N3O. The van der Waals surface area contributed by atoms with Crippen LogP contribution in [0.2, 0.25) is 0 Å². The van der Waals surface area contributed by atoms with Gasteiger partial charge >= 0.3 is 0 Å². The number of pyridine rings is 1. The van der Waals surface area contributed by atoms with Crippen molar-refractivity contribution in [2.24, 2.45) is 0 Å². The summed E-state index contributed by atoms with van der Waals surface area (Å²) in [5.74, 6) is 2.83. The zero-order chi connectivity index (χ0) is 12.0. The fourth-order valence-corrected chi connectivity index (χ4v) is 1.34. The first-order chi connectivity index (χ1) is 7.61. The number of rotatable bonds is 4. The van der Waals surface area contributed by atoms with E-state index in [4.69, 9.17) is 6.42 Å². The lowest BCUT2D eigenvalue weighted by Gasteiger charge is -2.06. The Labute approximate surface area is 95.5 Å². The summed E-state index contributed by atoms with van der Waals surface area (Å²) >= 11 is 0. The fourth-order valence-electron chi connectivity index (χ4n) is 1.34. The second kappa shape index (κ2) is 5.89. The smallest absolute Gasteiger partial charge is 0.239 e. The fraction of sp³-hybridized carbons (Fsp3) is 0.333. The van der Waals surface area contributed by atoms with Gasteiger partial charge in [-0.15, -0.1) is 6.42 Å². The van der Waals surface area contributed by atoms with Gasteiger partial charge in [0.05, 0.1) is 13.1 Å². The number of anilines is 1. The SMILES string of the molecule is C#CCNCC(=O)Nc1cc(C)cc(C)n1. The van der Waals surface area contributed by atoms with Crippen LogP contribution in [-0.2, 0) is 4.79 Å². The normalized spacial score (nSPS) is 9.56. The molecule has 0 unspecified atom stereocenters. The molecule has 0 aliphatic carbocycles. The second-order valence-electron chi connectivity index (χ2n) is 3.53. The van der Waals surface area contributed by atoms with E-state index in [0.29, 0.717) is 12.4 Å². The van der Waals surface area contributed by atoms with Gasteiger partial charge in [-0.05, 0) is 31.5 Å². The van der Waals surface area contributed by atoms with Crippen molar-refractivity contribution in [3.05, 3.63) is 23.4 Å². The third-order valence-electron chi connectivity index (χ3n) is 1.88. The average Bonchev–Trinajstić information content (AvgIpc) is 2.16. The van der Waals surface area contributed by atoms with E-state index in [1.165, 1.54) is 0 Å². The quantitative estimate of drug-likeness (QED) is 0.581. The maximum Gasteiger partial charge on any atom is 0.239 e. The molecule has 84 valence electrons. The van der Waals surface area contributed by atoms with Gasteiger partial charge in [0.2, 0.25) is 5.91 Å². The molecular weight excluding hydrogens is 202 g/mol. The summed E-state index contributed by atoms with van der Waals surface area (Å²) in [6, 6.07) is 3.78. The van der Waals surface area contributed by atoms with Gasteiger partial charge in [-0.2, -0.15) is 0 Å². The minimum Gasteiger partial charge on any atom is -0.310 e. The van der Waals surface area contributed by atoms with Crippen LogP contribution in [0.1, 0.15) is 11.3 Å². The van der Waals surface area contributed by atoms with Gasteiger partial charge in [0, 0.05) is 5.69 Å². The summed E-state index contributed by atoms with van der Waals surface area (Å²) in [6.07, 6.45) is 5.05. The minimum absolute atomic E-state index is 0.146. The Hall–Kier alpha value is -1.86. The zero-order valence-corrected chi connectivity index (χ0v) is 9.50. The molecule has 0 aromatic carbocycles. The molecule has 1 aromatic heterocycles. The molecule has 0 spiro atoms. The molecule has 0 aliphatic rings. The van der Waals surface area contributed by atoms with Crippen LogP contribution >= 0.6 is 0 Å². The number of carbonyl (C=O) groups excluding carboxylic acids is 1.